The Morgan fingerprint density at radius 2 is 1.75 bits per heavy atom. The van der Waals surface area contributed by atoms with Crippen LogP contribution in [0, 0.1) is 0 Å². The SMILES string of the molecule is CC(=O)OC[C@@]12OC[C@@H](O1)[C@@H](OC(C)=O)[C@@H]2OC(C)=O. The normalized spacial score (nSPS) is 34.6. The van der Waals surface area contributed by atoms with Crippen LogP contribution in [0.1, 0.15) is 20.8 Å². The predicted molar refractivity (Wildman–Crippen MR) is 61.3 cm³/mol. The van der Waals surface area contributed by atoms with Crippen molar-refractivity contribution in [3.63, 3.8) is 0 Å². The highest BCUT2D eigenvalue weighted by molar-refractivity contribution is 5.68. The van der Waals surface area contributed by atoms with Gasteiger partial charge in [0.05, 0.1) is 6.61 Å². The van der Waals surface area contributed by atoms with Gasteiger partial charge in [0.15, 0.2) is 12.2 Å². The second kappa shape index (κ2) is 5.37. The van der Waals surface area contributed by atoms with Crippen LogP contribution >= 0.6 is 0 Å². The van der Waals surface area contributed by atoms with Gasteiger partial charge < -0.3 is 23.7 Å². The first kappa shape index (κ1) is 14.7. The van der Waals surface area contributed by atoms with Crippen LogP contribution in [0.25, 0.3) is 0 Å². The minimum atomic E-state index is -1.41. The average Bonchev–Trinajstić information content (AvgIpc) is 2.85. The van der Waals surface area contributed by atoms with E-state index in [0.29, 0.717) is 0 Å². The fraction of sp³-hybridized carbons (Fsp3) is 0.750. The molecular weight excluding hydrogens is 272 g/mol. The molecule has 0 N–H and O–H groups in total. The summed E-state index contributed by atoms with van der Waals surface area (Å²) in [4.78, 5) is 33.3. The number of hydrogen-bond acceptors (Lipinski definition) is 8. The van der Waals surface area contributed by atoms with Crippen molar-refractivity contribution in [2.75, 3.05) is 13.2 Å². The summed E-state index contributed by atoms with van der Waals surface area (Å²) in [7, 11) is 0. The van der Waals surface area contributed by atoms with E-state index in [2.05, 4.69) is 0 Å². The third-order valence-electron chi connectivity index (χ3n) is 3.01. The number of carbonyl (C=O) groups is 3. The van der Waals surface area contributed by atoms with Crippen LogP contribution in [0.3, 0.4) is 0 Å². The molecule has 0 saturated carbocycles. The molecule has 2 aliphatic rings. The van der Waals surface area contributed by atoms with Crippen molar-refractivity contribution in [3.8, 4) is 0 Å². The van der Waals surface area contributed by atoms with Gasteiger partial charge >= 0.3 is 17.9 Å². The van der Waals surface area contributed by atoms with Crippen LogP contribution in [-0.4, -0.2) is 55.2 Å². The zero-order valence-corrected chi connectivity index (χ0v) is 11.4. The van der Waals surface area contributed by atoms with E-state index in [0.717, 1.165) is 0 Å². The lowest BCUT2D eigenvalue weighted by Gasteiger charge is -2.33. The Morgan fingerprint density at radius 3 is 2.30 bits per heavy atom. The van der Waals surface area contributed by atoms with Crippen LogP contribution in [0.15, 0.2) is 0 Å². The average molecular weight is 288 g/mol. The Kier molecular flexibility index (Phi) is 3.96. The van der Waals surface area contributed by atoms with E-state index in [-0.39, 0.29) is 13.2 Å². The number of hydrogen-bond donors (Lipinski definition) is 0. The zero-order chi connectivity index (χ0) is 14.9. The van der Waals surface area contributed by atoms with Gasteiger partial charge in [0.25, 0.3) is 0 Å². The van der Waals surface area contributed by atoms with Crippen molar-refractivity contribution >= 4 is 17.9 Å². The molecule has 2 heterocycles. The summed E-state index contributed by atoms with van der Waals surface area (Å²) in [5, 5.41) is 0. The zero-order valence-electron chi connectivity index (χ0n) is 11.4. The van der Waals surface area contributed by atoms with Gasteiger partial charge in [0.2, 0.25) is 5.79 Å². The number of rotatable bonds is 4. The molecule has 20 heavy (non-hydrogen) atoms. The summed E-state index contributed by atoms with van der Waals surface area (Å²) in [6, 6.07) is 0. The molecule has 0 radical (unpaired) electrons. The molecule has 4 atom stereocenters. The van der Waals surface area contributed by atoms with Crippen molar-refractivity contribution in [1.29, 1.82) is 0 Å². The Bertz CT molecular complexity index is 433. The highest BCUT2D eigenvalue weighted by atomic mass is 16.8. The van der Waals surface area contributed by atoms with Crippen molar-refractivity contribution in [2.45, 2.75) is 44.9 Å². The van der Waals surface area contributed by atoms with Gasteiger partial charge in [0, 0.05) is 20.8 Å². The second-order valence-corrected chi connectivity index (χ2v) is 4.66. The number of esters is 3. The maximum Gasteiger partial charge on any atom is 0.303 e. The van der Waals surface area contributed by atoms with Crippen LogP contribution in [-0.2, 0) is 38.1 Å². The fourth-order valence-electron chi connectivity index (χ4n) is 2.33. The van der Waals surface area contributed by atoms with Gasteiger partial charge in [-0.15, -0.1) is 0 Å². The van der Waals surface area contributed by atoms with E-state index in [9.17, 15) is 14.4 Å². The summed E-state index contributed by atoms with van der Waals surface area (Å²) >= 11 is 0. The van der Waals surface area contributed by atoms with Crippen LogP contribution in [0.5, 0.6) is 0 Å². The van der Waals surface area contributed by atoms with Crippen molar-refractivity contribution < 1.29 is 38.1 Å². The monoisotopic (exact) mass is 288 g/mol. The Morgan fingerprint density at radius 1 is 1.10 bits per heavy atom. The molecule has 8 heteroatoms. The Labute approximate surface area is 115 Å². The molecule has 0 aromatic rings. The minimum absolute atomic E-state index is 0.164. The Hall–Kier alpha value is -1.67. The first-order chi connectivity index (χ1) is 9.34. The van der Waals surface area contributed by atoms with E-state index in [1.54, 1.807) is 0 Å². The van der Waals surface area contributed by atoms with E-state index >= 15 is 0 Å². The van der Waals surface area contributed by atoms with Gasteiger partial charge in [-0.3, -0.25) is 14.4 Å². The van der Waals surface area contributed by atoms with Gasteiger partial charge in [-0.1, -0.05) is 0 Å². The summed E-state index contributed by atoms with van der Waals surface area (Å²) in [6.07, 6.45) is -2.30. The standard InChI is InChI=1S/C12H16O8/c1-6(13)16-5-12-11(19-8(3)15)10(18-7(2)14)9(20-12)4-17-12/h9-11H,4-5H2,1-3H3/t9-,10-,11+,12-/m1/s1. The highest BCUT2D eigenvalue weighted by Crippen LogP contribution is 2.42. The first-order valence-corrected chi connectivity index (χ1v) is 6.13. The summed E-state index contributed by atoms with van der Waals surface area (Å²) < 4.78 is 26.2. The van der Waals surface area contributed by atoms with Crippen molar-refractivity contribution in [1.82, 2.24) is 0 Å². The molecule has 2 aliphatic heterocycles. The van der Waals surface area contributed by atoms with Gasteiger partial charge in [-0.05, 0) is 0 Å². The molecule has 0 aliphatic carbocycles. The maximum absolute atomic E-state index is 11.2. The highest BCUT2D eigenvalue weighted by Gasteiger charge is 2.65. The molecule has 2 saturated heterocycles. The number of carbonyl (C=O) groups excluding carboxylic acids is 3. The van der Waals surface area contributed by atoms with Gasteiger partial charge in [0.1, 0.15) is 12.7 Å². The topological polar surface area (TPSA) is 97.4 Å². The summed E-state index contributed by atoms with van der Waals surface area (Å²) in [5.41, 5.74) is 0. The Balaban J connectivity index is 2.18. The molecule has 2 fully saturated rings. The molecule has 8 nitrogen and oxygen atoms in total. The van der Waals surface area contributed by atoms with E-state index in [4.69, 9.17) is 23.7 Å². The molecular formula is C12H16O8. The lowest BCUT2D eigenvalue weighted by Crippen LogP contribution is -2.54. The molecule has 2 bridgehead atoms. The largest absolute Gasteiger partial charge is 0.460 e. The van der Waals surface area contributed by atoms with E-state index in [1.807, 2.05) is 0 Å². The predicted octanol–water partition coefficient (Wildman–Crippen LogP) is -0.462. The first-order valence-electron chi connectivity index (χ1n) is 6.13. The third-order valence-corrected chi connectivity index (χ3v) is 3.01. The molecule has 112 valence electrons. The molecule has 2 rings (SSSR count). The number of fused-ring (bicyclic) bond motifs is 2. The molecule has 0 unspecified atom stereocenters. The van der Waals surface area contributed by atoms with E-state index < -0.39 is 42.0 Å². The molecule has 0 spiro atoms. The van der Waals surface area contributed by atoms with Gasteiger partial charge in [-0.25, -0.2) is 0 Å². The lowest BCUT2D eigenvalue weighted by molar-refractivity contribution is -0.241. The van der Waals surface area contributed by atoms with Crippen LogP contribution in [0.2, 0.25) is 0 Å². The maximum atomic E-state index is 11.2. The second-order valence-electron chi connectivity index (χ2n) is 4.66. The smallest absolute Gasteiger partial charge is 0.303 e. The quantitative estimate of drug-likeness (QED) is 0.506. The molecule has 0 aromatic heterocycles. The fourth-order valence-corrected chi connectivity index (χ4v) is 2.33. The van der Waals surface area contributed by atoms with E-state index in [1.165, 1.54) is 20.8 Å². The van der Waals surface area contributed by atoms with Crippen LogP contribution in [0.4, 0.5) is 0 Å². The van der Waals surface area contributed by atoms with Crippen LogP contribution < -0.4 is 0 Å². The summed E-state index contributed by atoms with van der Waals surface area (Å²) in [6.45, 7) is 3.63. The van der Waals surface area contributed by atoms with Crippen molar-refractivity contribution in [3.05, 3.63) is 0 Å². The van der Waals surface area contributed by atoms with Gasteiger partial charge in [-0.2, -0.15) is 0 Å². The lowest BCUT2D eigenvalue weighted by atomic mass is 10.0. The minimum Gasteiger partial charge on any atom is -0.460 e. The molecule has 0 aromatic carbocycles. The summed E-state index contributed by atoms with van der Waals surface area (Å²) in [5.74, 6) is -3.03. The van der Waals surface area contributed by atoms with Crippen molar-refractivity contribution in [2.24, 2.45) is 0 Å². The number of ether oxygens (including phenoxy) is 5. The third kappa shape index (κ3) is 2.75. The molecule has 0 amide bonds.